The molecule has 3 nitrogen and oxygen atoms in total. The summed E-state index contributed by atoms with van der Waals surface area (Å²) in [4.78, 5) is 12.7. The van der Waals surface area contributed by atoms with Crippen molar-refractivity contribution >= 4 is 17.7 Å². The first-order valence-electron chi connectivity index (χ1n) is 10.0. The van der Waals surface area contributed by atoms with Gasteiger partial charge in [-0.25, -0.2) is 0 Å². The first-order chi connectivity index (χ1) is 13.5. The van der Waals surface area contributed by atoms with Crippen LogP contribution in [0.4, 0.5) is 0 Å². The van der Waals surface area contributed by atoms with Gasteiger partial charge < -0.3 is 9.15 Å². The van der Waals surface area contributed by atoms with Gasteiger partial charge in [0.25, 0.3) is 0 Å². The number of benzene rings is 1. The quantitative estimate of drug-likeness (QED) is 0.355. The van der Waals surface area contributed by atoms with E-state index in [4.69, 9.17) is 9.15 Å². The molecule has 1 aromatic heterocycles. The molecule has 2 heterocycles. The fraction of sp³-hybridized carbons (Fsp3) is 0.458. The maximum atomic E-state index is 11.3. The normalized spacial score (nSPS) is 14.7. The van der Waals surface area contributed by atoms with E-state index in [-0.39, 0.29) is 11.4 Å². The molecule has 0 saturated carbocycles. The number of ether oxygens (including phenoxy) is 1. The van der Waals surface area contributed by atoms with Crippen LogP contribution in [0.15, 0.2) is 39.6 Å². The van der Waals surface area contributed by atoms with Gasteiger partial charge in [0.05, 0.1) is 6.61 Å². The number of rotatable bonds is 6. The zero-order chi connectivity index (χ0) is 20.0. The SMILES string of the molecule is CCOC(=O)CCCCc1ccc(C#Cc2ccc3c(c2)C(C)(C)CCS3)o1. The van der Waals surface area contributed by atoms with Crippen LogP contribution in [0, 0.1) is 11.8 Å². The topological polar surface area (TPSA) is 39.4 Å². The Labute approximate surface area is 172 Å². The summed E-state index contributed by atoms with van der Waals surface area (Å²) in [6.07, 6.45) is 4.18. The van der Waals surface area contributed by atoms with Crippen molar-refractivity contribution in [3.63, 3.8) is 0 Å². The molecule has 1 aliphatic heterocycles. The molecule has 0 spiro atoms. The number of fused-ring (bicyclic) bond motifs is 1. The van der Waals surface area contributed by atoms with Crippen molar-refractivity contribution in [3.05, 3.63) is 53.0 Å². The summed E-state index contributed by atoms with van der Waals surface area (Å²) in [6, 6.07) is 10.4. The molecule has 0 bridgehead atoms. The number of hydrogen-bond acceptors (Lipinski definition) is 4. The minimum atomic E-state index is -0.125. The lowest BCUT2D eigenvalue weighted by molar-refractivity contribution is -0.143. The molecule has 0 atom stereocenters. The molecular formula is C24H28O3S. The van der Waals surface area contributed by atoms with Gasteiger partial charge in [-0.05, 0) is 79.2 Å². The van der Waals surface area contributed by atoms with Crippen molar-refractivity contribution in [1.29, 1.82) is 0 Å². The van der Waals surface area contributed by atoms with Crippen molar-refractivity contribution in [2.24, 2.45) is 0 Å². The van der Waals surface area contributed by atoms with Crippen LogP contribution in [-0.4, -0.2) is 18.3 Å². The van der Waals surface area contributed by atoms with E-state index in [1.54, 1.807) is 0 Å². The number of furan rings is 1. The Morgan fingerprint density at radius 3 is 2.89 bits per heavy atom. The van der Waals surface area contributed by atoms with E-state index in [1.165, 1.54) is 22.6 Å². The van der Waals surface area contributed by atoms with Crippen LogP contribution >= 0.6 is 11.8 Å². The lowest BCUT2D eigenvalue weighted by atomic mass is 9.81. The van der Waals surface area contributed by atoms with Crippen LogP contribution in [0.1, 0.15) is 69.1 Å². The predicted octanol–water partition coefficient (Wildman–Crippen LogP) is 5.73. The number of carbonyl (C=O) groups is 1. The molecule has 0 N–H and O–H groups in total. The van der Waals surface area contributed by atoms with Crippen LogP contribution in [0.25, 0.3) is 0 Å². The molecule has 0 unspecified atom stereocenters. The molecule has 0 fully saturated rings. The molecule has 0 radical (unpaired) electrons. The van der Waals surface area contributed by atoms with E-state index >= 15 is 0 Å². The molecule has 28 heavy (non-hydrogen) atoms. The van der Waals surface area contributed by atoms with E-state index < -0.39 is 0 Å². The maximum Gasteiger partial charge on any atom is 0.305 e. The van der Waals surface area contributed by atoms with Gasteiger partial charge in [-0.3, -0.25) is 4.79 Å². The van der Waals surface area contributed by atoms with Gasteiger partial charge in [0.2, 0.25) is 0 Å². The van der Waals surface area contributed by atoms with Crippen molar-refractivity contribution < 1.29 is 13.9 Å². The van der Waals surface area contributed by atoms with Gasteiger partial charge in [0.1, 0.15) is 5.76 Å². The number of esters is 1. The largest absolute Gasteiger partial charge is 0.466 e. The third-order valence-corrected chi connectivity index (χ3v) is 6.12. The summed E-state index contributed by atoms with van der Waals surface area (Å²) < 4.78 is 10.8. The highest BCUT2D eigenvalue weighted by Gasteiger charge is 2.27. The van der Waals surface area contributed by atoms with E-state index in [1.807, 2.05) is 30.8 Å². The Kier molecular flexibility index (Phi) is 6.91. The monoisotopic (exact) mass is 396 g/mol. The van der Waals surface area contributed by atoms with Crippen molar-refractivity contribution in [2.75, 3.05) is 12.4 Å². The number of thioether (sulfide) groups is 1. The van der Waals surface area contributed by atoms with Gasteiger partial charge in [-0.15, -0.1) is 11.8 Å². The maximum absolute atomic E-state index is 11.3. The van der Waals surface area contributed by atoms with E-state index in [0.717, 1.165) is 30.6 Å². The second-order valence-electron chi connectivity index (χ2n) is 7.72. The molecule has 4 heteroatoms. The predicted molar refractivity (Wildman–Crippen MR) is 114 cm³/mol. The summed E-state index contributed by atoms with van der Waals surface area (Å²) in [5, 5.41) is 0. The highest BCUT2D eigenvalue weighted by molar-refractivity contribution is 7.99. The Balaban J connectivity index is 1.58. The van der Waals surface area contributed by atoms with Gasteiger partial charge in [0, 0.05) is 23.3 Å². The summed E-state index contributed by atoms with van der Waals surface area (Å²) in [6.45, 7) is 6.89. The lowest BCUT2D eigenvalue weighted by Crippen LogP contribution is -2.22. The van der Waals surface area contributed by atoms with E-state index in [9.17, 15) is 4.79 Å². The van der Waals surface area contributed by atoms with Crippen molar-refractivity contribution in [3.8, 4) is 11.8 Å². The van der Waals surface area contributed by atoms with Crippen molar-refractivity contribution in [2.45, 2.75) is 63.2 Å². The van der Waals surface area contributed by atoms with Crippen LogP contribution in [0.2, 0.25) is 0 Å². The Morgan fingerprint density at radius 1 is 1.21 bits per heavy atom. The first kappa shape index (κ1) is 20.6. The molecule has 2 aromatic rings. The fourth-order valence-corrected chi connectivity index (χ4v) is 4.82. The zero-order valence-corrected chi connectivity index (χ0v) is 17.8. The van der Waals surface area contributed by atoms with Crippen LogP contribution < -0.4 is 0 Å². The summed E-state index contributed by atoms with van der Waals surface area (Å²) in [5.74, 6) is 9.04. The Morgan fingerprint density at radius 2 is 2.07 bits per heavy atom. The highest BCUT2D eigenvalue weighted by Crippen LogP contribution is 2.41. The first-order valence-corrected chi connectivity index (χ1v) is 11.0. The second-order valence-corrected chi connectivity index (χ2v) is 8.86. The number of aryl methyl sites for hydroxylation is 1. The molecule has 3 rings (SSSR count). The minimum Gasteiger partial charge on any atom is -0.466 e. The third-order valence-electron chi connectivity index (χ3n) is 5.04. The molecule has 148 valence electrons. The highest BCUT2D eigenvalue weighted by atomic mass is 32.2. The smallest absolute Gasteiger partial charge is 0.305 e. The Hall–Kier alpha value is -2.12. The standard InChI is InChI=1S/C24H28O3S/c1-4-26-23(25)8-6-5-7-19-12-13-20(27-19)11-9-18-10-14-22-21(17-18)24(2,3)15-16-28-22/h10,12-14,17H,4-8,15-16H2,1-3H3. The van der Waals surface area contributed by atoms with Crippen LogP contribution in [0.3, 0.4) is 0 Å². The molecule has 0 amide bonds. The van der Waals surface area contributed by atoms with Gasteiger partial charge >= 0.3 is 5.97 Å². The van der Waals surface area contributed by atoms with E-state index in [0.29, 0.717) is 18.8 Å². The average Bonchev–Trinajstić information content (AvgIpc) is 3.12. The van der Waals surface area contributed by atoms with E-state index in [2.05, 4.69) is 43.9 Å². The molecule has 0 saturated heterocycles. The summed E-state index contributed by atoms with van der Waals surface area (Å²) >= 11 is 1.94. The summed E-state index contributed by atoms with van der Waals surface area (Å²) in [7, 11) is 0. The second kappa shape index (κ2) is 9.39. The van der Waals surface area contributed by atoms with Gasteiger partial charge in [-0.1, -0.05) is 19.8 Å². The van der Waals surface area contributed by atoms with Gasteiger partial charge in [0.15, 0.2) is 5.76 Å². The summed E-state index contributed by atoms with van der Waals surface area (Å²) in [5.41, 5.74) is 2.64. The number of hydrogen-bond donors (Lipinski definition) is 0. The fourth-order valence-electron chi connectivity index (χ4n) is 3.33. The number of carbonyl (C=O) groups excluding carboxylic acids is 1. The molecular weight excluding hydrogens is 368 g/mol. The van der Waals surface area contributed by atoms with Crippen LogP contribution in [-0.2, 0) is 21.4 Å². The Bertz CT molecular complexity index is 883. The average molecular weight is 397 g/mol. The number of unbranched alkanes of at least 4 members (excludes halogenated alkanes) is 1. The molecule has 1 aromatic carbocycles. The molecule has 0 aliphatic carbocycles. The lowest BCUT2D eigenvalue weighted by Gasteiger charge is -2.32. The zero-order valence-electron chi connectivity index (χ0n) is 17.0. The molecule has 1 aliphatic rings. The van der Waals surface area contributed by atoms with Crippen LogP contribution in [0.5, 0.6) is 0 Å². The third kappa shape index (κ3) is 5.45. The van der Waals surface area contributed by atoms with Gasteiger partial charge in [-0.2, -0.15) is 0 Å². The minimum absolute atomic E-state index is 0.125. The van der Waals surface area contributed by atoms with Crippen molar-refractivity contribution in [1.82, 2.24) is 0 Å².